The molecule has 5 heteroatoms. The highest BCUT2D eigenvalue weighted by molar-refractivity contribution is 5.10. The Morgan fingerprint density at radius 3 is 2.71 bits per heavy atom. The Kier molecular flexibility index (Phi) is 3.30. The van der Waals surface area contributed by atoms with E-state index in [0.29, 0.717) is 5.92 Å². The van der Waals surface area contributed by atoms with Crippen molar-refractivity contribution in [1.29, 1.82) is 0 Å². The van der Waals surface area contributed by atoms with E-state index >= 15 is 0 Å². The molecule has 0 aliphatic carbocycles. The van der Waals surface area contributed by atoms with E-state index in [-0.39, 0.29) is 5.41 Å². The first-order chi connectivity index (χ1) is 10.2. The first kappa shape index (κ1) is 13.7. The van der Waals surface area contributed by atoms with Crippen molar-refractivity contribution < 1.29 is 4.52 Å². The summed E-state index contributed by atoms with van der Waals surface area (Å²) in [5.41, 5.74) is 0.0218. The van der Waals surface area contributed by atoms with E-state index in [0.717, 1.165) is 43.3 Å². The highest BCUT2D eigenvalue weighted by Crippen LogP contribution is 2.41. The summed E-state index contributed by atoms with van der Waals surface area (Å²) in [6.45, 7) is 4.30. The number of rotatable bonds is 2. The van der Waals surface area contributed by atoms with Crippen molar-refractivity contribution in [3.63, 3.8) is 0 Å². The van der Waals surface area contributed by atoms with Gasteiger partial charge in [0.15, 0.2) is 5.82 Å². The Balaban J connectivity index is 1.52. The number of hydrogen-bond donors (Lipinski definition) is 1. The highest BCUT2D eigenvalue weighted by atomic mass is 16.5. The minimum absolute atomic E-state index is 0.0218. The summed E-state index contributed by atoms with van der Waals surface area (Å²) in [6.07, 6.45) is 7.39. The van der Waals surface area contributed by atoms with Crippen molar-refractivity contribution in [2.45, 2.75) is 68.9 Å². The van der Waals surface area contributed by atoms with Crippen LogP contribution in [0.3, 0.4) is 0 Å². The van der Waals surface area contributed by atoms with Gasteiger partial charge in [0, 0.05) is 24.5 Å². The van der Waals surface area contributed by atoms with Crippen LogP contribution >= 0.6 is 0 Å². The average Bonchev–Trinajstić information content (AvgIpc) is 3.03. The van der Waals surface area contributed by atoms with E-state index in [1.54, 1.807) is 0 Å². The van der Waals surface area contributed by atoms with Crippen LogP contribution in [-0.2, 0) is 5.41 Å². The summed E-state index contributed by atoms with van der Waals surface area (Å²) in [4.78, 5) is 7.37. The average molecular weight is 290 g/mol. The first-order valence-corrected chi connectivity index (χ1v) is 8.42. The van der Waals surface area contributed by atoms with E-state index in [1.165, 1.54) is 32.1 Å². The van der Waals surface area contributed by atoms with Gasteiger partial charge in [0.1, 0.15) is 0 Å². The van der Waals surface area contributed by atoms with Crippen LogP contribution in [-0.4, -0.2) is 47.3 Å². The van der Waals surface area contributed by atoms with Crippen LogP contribution in [0.4, 0.5) is 0 Å². The molecule has 21 heavy (non-hydrogen) atoms. The molecule has 0 saturated carbocycles. The second kappa shape index (κ2) is 5.06. The molecule has 0 radical (unpaired) electrons. The number of nitrogens with zero attached hydrogens (tertiary/aromatic N) is 3. The van der Waals surface area contributed by atoms with Gasteiger partial charge >= 0.3 is 0 Å². The maximum absolute atomic E-state index is 5.66. The molecule has 1 aromatic heterocycles. The van der Waals surface area contributed by atoms with Crippen LogP contribution in [0.15, 0.2) is 4.52 Å². The maximum atomic E-state index is 5.66. The second-order valence-electron chi connectivity index (χ2n) is 7.52. The summed E-state index contributed by atoms with van der Waals surface area (Å²) < 4.78 is 5.66. The van der Waals surface area contributed by atoms with E-state index in [1.807, 2.05) is 0 Å². The van der Waals surface area contributed by atoms with Gasteiger partial charge in [0.05, 0.1) is 5.41 Å². The monoisotopic (exact) mass is 290 g/mol. The minimum Gasteiger partial charge on any atom is -0.339 e. The van der Waals surface area contributed by atoms with Crippen LogP contribution in [0.25, 0.3) is 0 Å². The lowest BCUT2D eigenvalue weighted by molar-refractivity contribution is 0.157. The quantitative estimate of drug-likeness (QED) is 0.903. The molecule has 0 aromatic carbocycles. The third kappa shape index (κ3) is 2.30. The summed E-state index contributed by atoms with van der Waals surface area (Å²) in [5.74, 6) is 2.30. The van der Waals surface area contributed by atoms with Crippen LogP contribution < -0.4 is 5.32 Å². The number of nitrogens with one attached hydrogen (secondary N) is 1. The standard InChI is InChI=1S/C16H26N4O/c1-16(6-3-7-17-10-16)15-18-14(19-21-15)11-8-12-4-5-13(9-11)20(12)2/h11-13,17H,3-10H2,1-2H3. The lowest BCUT2D eigenvalue weighted by Crippen LogP contribution is -2.41. The van der Waals surface area contributed by atoms with Gasteiger partial charge in [0.25, 0.3) is 0 Å². The summed E-state index contributed by atoms with van der Waals surface area (Å²) >= 11 is 0. The molecule has 0 amide bonds. The third-order valence-corrected chi connectivity index (χ3v) is 6.02. The Hall–Kier alpha value is -0.940. The fourth-order valence-corrected chi connectivity index (χ4v) is 4.51. The van der Waals surface area contributed by atoms with Crippen LogP contribution in [0, 0.1) is 0 Å². The van der Waals surface area contributed by atoms with Crippen LogP contribution in [0.5, 0.6) is 0 Å². The highest BCUT2D eigenvalue weighted by Gasteiger charge is 2.41. The Labute approximate surface area is 126 Å². The summed E-state index contributed by atoms with van der Waals surface area (Å²) in [7, 11) is 2.27. The minimum atomic E-state index is 0.0218. The molecule has 116 valence electrons. The van der Waals surface area contributed by atoms with Crippen LogP contribution in [0.2, 0.25) is 0 Å². The largest absolute Gasteiger partial charge is 0.339 e. The SMILES string of the molecule is CN1C2CCC1CC(c1noc(C3(C)CCCNC3)n1)C2. The lowest BCUT2D eigenvalue weighted by Gasteiger charge is -2.35. The number of hydrogen-bond acceptors (Lipinski definition) is 5. The van der Waals surface area contributed by atoms with Gasteiger partial charge in [-0.1, -0.05) is 5.16 Å². The molecule has 0 spiro atoms. The van der Waals surface area contributed by atoms with Gasteiger partial charge < -0.3 is 14.7 Å². The smallest absolute Gasteiger partial charge is 0.233 e. The van der Waals surface area contributed by atoms with Crippen molar-refractivity contribution in [3.05, 3.63) is 11.7 Å². The molecule has 5 nitrogen and oxygen atoms in total. The van der Waals surface area contributed by atoms with Gasteiger partial charge in [-0.25, -0.2) is 0 Å². The number of piperidine rings is 2. The fourth-order valence-electron chi connectivity index (χ4n) is 4.51. The van der Waals surface area contributed by atoms with Crippen molar-refractivity contribution in [2.24, 2.45) is 0 Å². The fraction of sp³-hybridized carbons (Fsp3) is 0.875. The zero-order valence-electron chi connectivity index (χ0n) is 13.1. The zero-order chi connectivity index (χ0) is 14.4. The molecule has 1 aromatic rings. The van der Waals surface area contributed by atoms with E-state index in [2.05, 4.69) is 29.3 Å². The molecule has 1 N–H and O–H groups in total. The van der Waals surface area contributed by atoms with Gasteiger partial charge in [-0.15, -0.1) is 0 Å². The van der Waals surface area contributed by atoms with Gasteiger partial charge in [-0.3, -0.25) is 0 Å². The van der Waals surface area contributed by atoms with Gasteiger partial charge in [-0.2, -0.15) is 4.98 Å². The molecule has 3 fully saturated rings. The predicted octanol–water partition coefficient (Wildman–Crippen LogP) is 2.05. The van der Waals surface area contributed by atoms with E-state index < -0.39 is 0 Å². The Morgan fingerprint density at radius 1 is 1.29 bits per heavy atom. The third-order valence-electron chi connectivity index (χ3n) is 6.02. The van der Waals surface area contributed by atoms with Crippen molar-refractivity contribution >= 4 is 0 Å². The lowest BCUT2D eigenvalue weighted by atomic mass is 9.82. The van der Waals surface area contributed by atoms with Gasteiger partial charge in [-0.05, 0) is 59.0 Å². The molecular weight excluding hydrogens is 264 g/mol. The molecule has 3 unspecified atom stereocenters. The van der Waals surface area contributed by atoms with E-state index in [9.17, 15) is 0 Å². The van der Waals surface area contributed by atoms with Crippen molar-refractivity contribution in [3.8, 4) is 0 Å². The van der Waals surface area contributed by atoms with E-state index in [4.69, 9.17) is 9.51 Å². The second-order valence-corrected chi connectivity index (χ2v) is 7.52. The number of fused-ring (bicyclic) bond motifs is 2. The summed E-state index contributed by atoms with van der Waals surface area (Å²) in [6, 6.07) is 1.45. The molecule has 4 rings (SSSR count). The van der Waals surface area contributed by atoms with Gasteiger partial charge in [0.2, 0.25) is 5.89 Å². The topological polar surface area (TPSA) is 54.2 Å². The van der Waals surface area contributed by atoms with Crippen LogP contribution in [0.1, 0.15) is 63.1 Å². The molecular formula is C16H26N4O. The van der Waals surface area contributed by atoms with Crippen molar-refractivity contribution in [1.82, 2.24) is 20.4 Å². The molecule has 2 bridgehead atoms. The maximum Gasteiger partial charge on any atom is 0.233 e. The molecule has 3 saturated heterocycles. The molecule has 3 atom stereocenters. The molecule has 4 heterocycles. The molecule has 3 aliphatic heterocycles. The number of aromatic nitrogens is 2. The predicted molar refractivity (Wildman–Crippen MR) is 80.3 cm³/mol. The zero-order valence-corrected chi connectivity index (χ0v) is 13.1. The normalized spacial score (nSPS) is 40.6. The Morgan fingerprint density at radius 2 is 2.05 bits per heavy atom. The first-order valence-electron chi connectivity index (χ1n) is 8.42. The van der Waals surface area contributed by atoms with Crippen molar-refractivity contribution in [2.75, 3.05) is 20.1 Å². The Bertz CT molecular complexity index is 494. The summed E-state index contributed by atoms with van der Waals surface area (Å²) in [5, 5.41) is 7.81. The molecule has 3 aliphatic rings.